The van der Waals surface area contributed by atoms with E-state index in [1.807, 2.05) is 46.8 Å². The van der Waals surface area contributed by atoms with Gasteiger partial charge in [-0.05, 0) is 83.7 Å². The maximum absolute atomic E-state index is 13.6. The lowest BCUT2D eigenvalue weighted by molar-refractivity contribution is 0.0846. The monoisotopic (exact) mass is 533 g/mol. The molecule has 1 saturated heterocycles. The highest BCUT2D eigenvalue weighted by Crippen LogP contribution is 2.33. The molecule has 9 heteroatoms. The molecule has 1 aliphatic rings. The van der Waals surface area contributed by atoms with Crippen molar-refractivity contribution < 1.29 is 14.3 Å². The standard InChI is InChI=1S/C30H39N5O4/c1-7-35(23-8-10-38-11-9-23)27-14-22(26-16-32-28(17-31-26)39-18(2)3)13-24(21(27)6)29(36)33-15-25-19(4)12-20(5)34-30(25)37/h12-14,16-18,23H,7-11,15H2,1-6H3,(H,33,36)(H,34,37). The zero-order valence-electron chi connectivity index (χ0n) is 23.8. The molecule has 0 radical (unpaired) electrons. The average molecular weight is 534 g/mol. The molecule has 39 heavy (non-hydrogen) atoms. The Balaban J connectivity index is 1.72. The second-order valence-electron chi connectivity index (χ2n) is 10.3. The molecule has 1 amide bonds. The van der Waals surface area contributed by atoms with Crippen LogP contribution in [-0.4, -0.2) is 52.8 Å². The van der Waals surface area contributed by atoms with Crippen molar-refractivity contribution in [2.45, 2.75) is 73.1 Å². The summed E-state index contributed by atoms with van der Waals surface area (Å²) in [4.78, 5) is 40.3. The van der Waals surface area contributed by atoms with Crippen molar-refractivity contribution in [3.63, 3.8) is 0 Å². The van der Waals surface area contributed by atoms with Crippen LogP contribution in [0.1, 0.15) is 66.4 Å². The molecular formula is C30H39N5O4. The highest BCUT2D eigenvalue weighted by molar-refractivity contribution is 5.98. The molecule has 3 aromatic rings. The molecule has 4 rings (SSSR count). The van der Waals surface area contributed by atoms with E-state index in [4.69, 9.17) is 9.47 Å². The molecule has 0 spiro atoms. The number of aryl methyl sites for hydroxylation is 2. The van der Waals surface area contributed by atoms with Gasteiger partial charge in [0.2, 0.25) is 5.88 Å². The number of pyridine rings is 1. The lowest BCUT2D eigenvalue weighted by Gasteiger charge is -2.37. The van der Waals surface area contributed by atoms with Crippen LogP contribution in [0.2, 0.25) is 0 Å². The minimum atomic E-state index is -0.245. The zero-order valence-corrected chi connectivity index (χ0v) is 23.8. The van der Waals surface area contributed by atoms with Crippen molar-refractivity contribution in [2.75, 3.05) is 24.7 Å². The number of nitrogens with zero attached hydrogens (tertiary/aromatic N) is 3. The van der Waals surface area contributed by atoms with Gasteiger partial charge in [-0.15, -0.1) is 0 Å². The van der Waals surface area contributed by atoms with Gasteiger partial charge in [-0.2, -0.15) is 0 Å². The van der Waals surface area contributed by atoms with Crippen LogP contribution in [-0.2, 0) is 11.3 Å². The predicted octanol–water partition coefficient (Wildman–Crippen LogP) is 4.48. The van der Waals surface area contributed by atoms with Gasteiger partial charge in [-0.3, -0.25) is 9.59 Å². The molecule has 0 bridgehead atoms. The maximum Gasteiger partial charge on any atom is 0.253 e. The minimum absolute atomic E-state index is 0.00610. The van der Waals surface area contributed by atoms with E-state index < -0.39 is 0 Å². The molecule has 0 saturated carbocycles. The van der Waals surface area contributed by atoms with Crippen LogP contribution in [0.25, 0.3) is 11.3 Å². The van der Waals surface area contributed by atoms with E-state index in [2.05, 4.69) is 38.2 Å². The topological polar surface area (TPSA) is 109 Å². The van der Waals surface area contributed by atoms with Gasteiger partial charge in [0.25, 0.3) is 11.5 Å². The first-order valence-corrected chi connectivity index (χ1v) is 13.6. The lowest BCUT2D eigenvalue weighted by Crippen LogP contribution is -2.40. The Morgan fingerprint density at radius 2 is 1.90 bits per heavy atom. The van der Waals surface area contributed by atoms with Gasteiger partial charge in [-0.25, -0.2) is 9.97 Å². The number of aromatic nitrogens is 3. The predicted molar refractivity (Wildman–Crippen MR) is 153 cm³/mol. The molecule has 1 aliphatic heterocycles. The summed E-state index contributed by atoms with van der Waals surface area (Å²) in [5.41, 5.74) is 5.85. The largest absolute Gasteiger partial charge is 0.474 e. The number of hydrogen-bond acceptors (Lipinski definition) is 7. The summed E-state index contributed by atoms with van der Waals surface area (Å²) in [5, 5.41) is 2.98. The lowest BCUT2D eigenvalue weighted by atomic mass is 9.97. The average Bonchev–Trinajstić information content (AvgIpc) is 2.90. The first-order chi connectivity index (χ1) is 18.7. The Kier molecular flexibility index (Phi) is 9.01. The quantitative estimate of drug-likeness (QED) is 0.417. The molecular weight excluding hydrogens is 494 g/mol. The van der Waals surface area contributed by atoms with Crippen LogP contribution in [0.4, 0.5) is 5.69 Å². The number of anilines is 1. The Labute approximate surface area is 230 Å². The molecule has 2 N–H and O–H groups in total. The van der Waals surface area contributed by atoms with E-state index in [0.717, 1.165) is 60.7 Å². The van der Waals surface area contributed by atoms with Gasteiger partial charge >= 0.3 is 0 Å². The molecule has 0 unspecified atom stereocenters. The van der Waals surface area contributed by atoms with E-state index in [-0.39, 0.29) is 24.1 Å². The van der Waals surface area contributed by atoms with Gasteiger partial charge in [0.15, 0.2) is 0 Å². The molecule has 1 aromatic carbocycles. The number of rotatable bonds is 9. The van der Waals surface area contributed by atoms with Crippen LogP contribution in [0.15, 0.2) is 35.4 Å². The fraction of sp³-hybridized carbons (Fsp3) is 0.467. The first-order valence-electron chi connectivity index (χ1n) is 13.6. The SMILES string of the molecule is CCN(c1cc(-c2cnc(OC(C)C)cn2)cc(C(=O)NCc2c(C)cc(C)[nH]c2=O)c1C)C1CCOCC1. The van der Waals surface area contributed by atoms with E-state index in [0.29, 0.717) is 28.7 Å². The van der Waals surface area contributed by atoms with E-state index in [1.54, 1.807) is 12.4 Å². The zero-order chi connectivity index (χ0) is 28.1. The molecule has 2 aromatic heterocycles. The highest BCUT2D eigenvalue weighted by Gasteiger charge is 2.25. The van der Waals surface area contributed by atoms with Gasteiger partial charge in [-0.1, -0.05) is 0 Å². The Bertz CT molecular complexity index is 1360. The number of aromatic amines is 1. The summed E-state index contributed by atoms with van der Waals surface area (Å²) in [6, 6.07) is 6.17. The molecule has 0 aliphatic carbocycles. The number of hydrogen-bond donors (Lipinski definition) is 2. The van der Waals surface area contributed by atoms with Crippen LogP contribution >= 0.6 is 0 Å². The highest BCUT2D eigenvalue weighted by atomic mass is 16.5. The number of H-pyrrole nitrogens is 1. The second-order valence-corrected chi connectivity index (χ2v) is 10.3. The number of amides is 1. The Morgan fingerprint density at radius 3 is 2.51 bits per heavy atom. The van der Waals surface area contributed by atoms with Crippen molar-refractivity contribution in [2.24, 2.45) is 0 Å². The minimum Gasteiger partial charge on any atom is -0.474 e. The van der Waals surface area contributed by atoms with E-state index in [9.17, 15) is 9.59 Å². The summed E-state index contributed by atoms with van der Waals surface area (Å²) in [7, 11) is 0. The summed E-state index contributed by atoms with van der Waals surface area (Å²) in [6.07, 6.45) is 5.13. The smallest absolute Gasteiger partial charge is 0.253 e. The van der Waals surface area contributed by atoms with Crippen LogP contribution in [0, 0.1) is 20.8 Å². The number of benzene rings is 1. The number of nitrogens with one attached hydrogen (secondary N) is 2. The fourth-order valence-electron chi connectivity index (χ4n) is 5.14. The van der Waals surface area contributed by atoms with Crippen molar-refractivity contribution >= 4 is 11.6 Å². The number of carbonyl (C=O) groups is 1. The summed E-state index contributed by atoms with van der Waals surface area (Å²) in [6.45, 7) is 14.1. The van der Waals surface area contributed by atoms with Crippen LogP contribution < -0.4 is 20.5 Å². The maximum atomic E-state index is 13.6. The summed E-state index contributed by atoms with van der Waals surface area (Å²) < 4.78 is 11.3. The Morgan fingerprint density at radius 1 is 1.15 bits per heavy atom. The summed E-state index contributed by atoms with van der Waals surface area (Å²) in [5.74, 6) is 0.209. The van der Waals surface area contributed by atoms with Crippen molar-refractivity contribution in [1.82, 2.24) is 20.3 Å². The fourth-order valence-corrected chi connectivity index (χ4v) is 5.14. The van der Waals surface area contributed by atoms with Gasteiger partial charge < -0.3 is 24.7 Å². The third kappa shape index (κ3) is 6.65. The van der Waals surface area contributed by atoms with Gasteiger partial charge in [0, 0.05) is 60.4 Å². The van der Waals surface area contributed by atoms with E-state index >= 15 is 0 Å². The Hall–Kier alpha value is -3.72. The molecule has 3 heterocycles. The molecule has 1 fully saturated rings. The van der Waals surface area contributed by atoms with Crippen molar-refractivity contribution in [1.29, 1.82) is 0 Å². The first kappa shape index (κ1) is 28.3. The van der Waals surface area contributed by atoms with Crippen molar-refractivity contribution in [3.8, 4) is 17.1 Å². The number of ether oxygens (including phenoxy) is 2. The van der Waals surface area contributed by atoms with Crippen LogP contribution in [0.3, 0.4) is 0 Å². The normalized spacial score (nSPS) is 13.9. The second kappa shape index (κ2) is 12.4. The third-order valence-electron chi connectivity index (χ3n) is 7.11. The van der Waals surface area contributed by atoms with Crippen LogP contribution in [0.5, 0.6) is 5.88 Å². The molecule has 9 nitrogen and oxygen atoms in total. The molecule has 0 atom stereocenters. The number of carbonyl (C=O) groups excluding carboxylic acids is 1. The van der Waals surface area contributed by atoms with Gasteiger partial charge in [0.1, 0.15) is 0 Å². The molecule has 208 valence electrons. The third-order valence-corrected chi connectivity index (χ3v) is 7.11. The van der Waals surface area contributed by atoms with E-state index in [1.165, 1.54) is 0 Å². The van der Waals surface area contributed by atoms with Crippen molar-refractivity contribution in [3.05, 3.63) is 68.9 Å². The summed E-state index contributed by atoms with van der Waals surface area (Å²) >= 11 is 0. The van der Waals surface area contributed by atoms with Gasteiger partial charge in [0.05, 0.1) is 24.2 Å².